The van der Waals surface area contributed by atoms with Crippen LogP contribution in [-0.4, -0.2) is 19.1 Å². The van der Waals surface area contributed by atoms with Gasteiger partial charge in [-0.2, -0.15) is 0 Å². The molecule has 0 amide bonds. The minimum atomic E-state index is -0.661. The molecule has 5 nitrogen and oxygen atoms in total. The van der Waals surface area contributed by atoms with Gasteiger partial charge in [0.05, 0.1) is 0 Å². The molecule has 0 spiro atoms. The first kappa shape index (κ1) is 16.8. The van der Waals surface area contributed by atoms with Crippen molar-refractivity contribution in [1.82, 2.24) is 0 Å². The fourth-order valence-corrected chi connectivity index (χ4v) is 2.24. The van der Waals surface area contributed by atoms with Crippen LogP contribution >= 0.6 is 0 Å². The molecule has 0 aliphatic carbocycles. The number of benzene rings is 1. The maximum absolute atomic E-state index is 12.0. The Balaban J connectivity index is 2.41. The lowest BCUT2D eigenvalue weighted by Crippen LogP contribution is -2.21. The second-order valence-electron chi connectivity index (χ2n) is 5.15. The average Bonchev–Trinajstić information content (AvgIpc) is 2.55. The molecule has 0 unspecified atom stereocenters. The largest absolute Gasteiger partial charge is 0.420 e. The number of carbonyl (C=O) groups is 1. The number of rotatable bonds is 5. The molecule has 1 aromatic heterocycles. The summed E-state index contributed by atoms with van der Waals surface area (Å²) in [6.07, 6.45) is 1.63. The minimum Gasteiger partial charge on any atom is -0.420 e. The summed E-state index contributed by atoms with van der Waals surface area (Å²) < 4.78 is 10.4. The van der Waals surface area contributed by atoms with Gasteiger partial charge in [-0.1, -0.05) is 6.08 Å². The highest BCUT2D eigenvalue weighted by molar-refractivity contribution is 5.90. The fourth-order valence-electron chi connectivity index (χ4n) is 2.24. The molecule has 2 rings (SSSR count). The van der Waals surface area contributed by atoms with Gasteiger partial charge in [-0.05, 0) is 45.9 Å². The molecule has 0 saturated carbocycles. The van der Waals surface area contributed by atoms with Crippen LogP contribution in [0.15, 0.2) is 45.1 Å². The van der Waals surface area contributed by atoms with Crippen LogP contribution in [0.2, 0.25) is 0 Å². The maximum Gasteiger partial charge on any atom is 0.379 e. The fraction of sp³-hybridized carbons (Fsp3) is 0.333. The standard InChI is InChI=1S/C18H21NO4/c1-5-12(4)17(20)23-16-10-13-8-9-14(19(6-2)7-3)11-15(13)22-18(16)21/h5,8-11H,6-7H2,1-4H3. The zero-order valence-corrected chi connectivity index (χ0v) is 13.9. The van der Waals surface area contributed by atoms with E-state index in [2.05, 4.69) is 18.7 Å². The predicted molar refractivity (Wildman–Crippen MR) is 91.1 cm³/mol. The summed E-state index contributed by atoms with van der Waals surface area (Å²) in [4.78, 5) is 26.0. The highest BCUT2D eigenvalue weighted by Crippen LogP contribution is 2.23. The van der Waals surface area contributed by atoms with Crippen molar-refractivity contribution in [3.05, 3.63) is 46.3 Å². The Bertz CT molecular complexity index is 800. The molecule has 0 radical (unpaired) electrons. The normalized spacial score (nSPS) is 11.6. The first-order chi connectivity index (χ1) is 11.0. The van der Waals surface area contributed by atoms with Crippen molar-refractivity contribution in [2.24, 2.45) is 0 Å². The van der Waals surface area contributed by atoms with E-state index in [9.17, 15) is 9.59 Å². The van der Waals surface area contributed by atoms with E-state index in [4.69, 9.17) is 9.15 Å². The van der Waals surface area contributed by atoms with E-state index in [0.29, 0.717) is 16.5 Å². The quantitative estimate of drug-likeness (QED) is 0.480. The third-order valence-corrected chi connectivity index (χ3v) is 3.77. The highest BCUT2D eigenvalue weighted by atomic mass is 16.5. The lowest BCUT2D eigenvalue weighted by molar-refractivity contribution is -0.130. The van der Waals surface area contributed by atoms with E-state index in [1.54, 1.807) is 19.9 Å². The molecular weight excluding hydrogens is 294 g/mol. The van der Waals surface area contributed by atoms with E-state index in [1.165, 1.54) is 6.07 Å². The molecule has 23 heavy (non-hydrogen) atoms. The first-order valence-corrected chi connectivity index (χ1v) is 7.68. The molecule has 1 aromatic carbocycles. The lowest BCUT2D eigenvalue weighted by Gasteiger charge is -2.20. The van der Waals surface area contributed by atoms with Crippen LogP contribution in [0.3, 0.4) is 0 Å². The van der Waals surface area contributed by atoms with Crippen LogP contribution in [0.4, 0.5) is 5.69 Å². The van der Waals surface area contributed by atoms with Crippen LogP contribution in [0.5, 0.6) is 5.75 Å². The second kappa shape index (κ2) is 7.13. The van der Waals surface area contributed by atoms with Gasteiger partial charge in [0, 0.05) is 35.8 Å². The van der Waals surface area contributed by atoms with E-state index >= 15 is 0 Å². The Kier molecular flexibility index (Phi) is 5.21. The summed E-state index contributed by atoms with van der Waals surface area (Å²) in [5.74, 6) is -0.654. The number of anilines is 1. The Morgan fingerprint density at radius 2 is 1.96 bits per heavy atom. The maximum atomic E-state index is 12.0. The molecule has 0 atom stereocenters. The first-order valence-electron chi connectivity index (χ1n) is 7.68. The van der Waals surface area contributed by atoms with Gasteiger partial charge in [0.2, 0.25) is 5.75 Å². The summed E-state index contributed by atoms with van der Waals surface area (Å²) >= 11 is 0. The third-order valence-electron chi connectivity index (χ3n) is 3.77. The van der Waals surface area contributed by atoms with Crippen LogP contribution in [0.25, 0.3) is 11.0 Å². The molecule has 122 valence electrons. The zero-order chi connectivity index (χ0) is 17.0. The van der Waals surface area contributed by atoms with Crippen LogP contribution in [-0.2, 0) is 4.79 Å². The Labute approximate surface area is 135 Å². The predicted octanol–water partition coefficient (Wildman–Crippen LogP) is 3.51. The number of esters is 1. The molecule has 5 heteroatoms. The SMILES string of the molecule is CC=C(C)C(=O)Oc1cc2ccc(N(CC)CC)cc2oc1=O. The van der Waals surface area contributed by atoms with Crippen molar-refractivity contribution in [1.29, 1.82) is 0 Å². The third kappa shape index (κ3) is 3.62. The second-order valence-corrected chi connectivity index (χ2v) is 5.15. The number of hydrogen-bond acceptors (Lipinski definition) is 5. The van der Waals surface area contributed by atoms with Gasteiger partial charge in [0.25, 0.3) is 0 Å². The van der Waals surface area contributed by atoms with Crippen LogP contribution < -0.4 is 15.3 Å². The molecule has 0 aliphatic rings. The molecule has 0 aliphatic heterocycles. The summed E-state index contributed by atoms with van der Waals surface area (Å²) in [6.45, 7) is 9.22. The van der Waals surface area contributed by atoms with Crippen LogP contribution in [0, 0.1) is 0 Å². The zero-order valence-electron chi connectivity index (χ0n) is 13.9. The van der Waals surface area contributed by atoms with Gasteiger partial charge in [-0.25, -0.2) is 9.59 Å². The summed E-state index contributed by atoms with van der Waals surface area (Å²) in [5.41, 5.74) is 1.23. The summed E-state index contributed by atoms with van der Waals surface area (Å²) in [6, 6.07) is 7.17. The molecular formula is C18H21NO4. The van der Waals surface area contributed by atoms with Crippen LogP contribution in [0.1, 0.15) is 27.7 Å². The smallest absolute Gasteiger partial charge is 0.379 e. The van der Waals surface area contributed by atoms with Gasteiger partial charge in [-0.15, -0.1) is 0 Å². The van der Waals surface area contributed by atoms with Crippen molar-refractivity contribution in [2.45, 2.75) is 27.7 Å². The van der Waals surface area contributed by atoms with Crippen molar-refractivity contribution >= 4 is 22.6 Å². The van der Waals surface area contributed by atoms with Crippen molar-refractivity contribution in [3.8, 4) is 5.75 Å². The van der Waals surface area contributed by atoms with Gasteiger partial charge >= 0.3 is 11.6 Å². The van der Waals surface area contributed by atoms with Gasteiger partial charge in [0.15, 0.2) is 0 Å². The number of fused-ring (bicyclic) bond motifs is 1. The molecule has 0 bridgehead atoms. The molecule has 1 heterocycles. The molecule has 0 fully saturated rings. The van der Waals surface area contributed by atoms with E-state index in [1.807, 2.05) is 18.2 Å². The van der Waals surface area contributed by atoms with E-state index in [-0.39, 0.29) is 5.75 Å². The van der Waals surface area contributed by atoms with E-state index in [0.717, 1.165) is 18.8 Å². The van der Waals surface area contributed by atoms with Crippen molar-refractivity contribution in [3.63, 3.8) is 0 Å². The summed E-state index contributed by atoms with van der Waals surface area (Å²) in [5, 5.41) is 0.710. The number of carbonyl (C=O) groups excluding carboxylic acids is 1. The number of nitrogens with zero attached hydrogens (tertiary/aromatic N) is 1. The monoisotopic (exact) mass is 315 g/mol. The average molecular weight is 315 g/mol. The van der Waals surface area contributed by atoms with Crippen molar-refractivity contribution < 1.29 is 13.9 Å². The van der Waals surface area contributed by atoms with E-state index < -0.39 is 11.6 Å². The van der Waals surface area contributed by atoms with Gasteiger partial charge < -0.3 is 14.1 Å². The number of hydrogen-bond donors (Lipinski definition) is 0. The lowest BCUT2D eigenvalue weighted by atomic mass is 10.2. The molecule has 0 N–H and O–H groups in total. The molecule has 2 aromatic rings. The summed E-state index contributed by atoms with van der Waals surface area (Å²) in [7, 11) is 0. The van der Waals surface area contributed by atoms with Gasteiger partial charge in [0.1, 0.15) is 5.58 Å². The number of allylic oxidation sites excluding steroid dienone is 1. The Hall–Kier alpha value is -2.56. The molecule has 0 saturated heterocycles. The van der Waals surface area contributed by atoms with Gasteiger partial charge in [-0.3, -0.25) is 0 Å². The minimum absolute atomic E-state index is 0.0979. The van der Waals surface area contributed by atoms with Crippen molar-refractivity contribution in [2.75, 3.05) is 18.0 Å². The topological polar surface area (TPSA) is 59.8 Å². The number of ether oxygens (including phenoxy) is 1. The Morgan fingerprint density at radius 3 is 2.57 bits per heavy atom. The Morgan fingerprint density at radius 1 is 1.26 bits per heavy atom. The highest BCUT2D eigenvalue weighted by Gasteiger charge is 2.13.